The van der Waals surface area contributed by atoms with Gasteiger partial charge >= 0.3 is 6.09 Å². The maximum atomic E-state index is 11.5. The van der Waals surface area contributed by atoms with Gasteiger partial charge in [-0.3, -0.25) is 4.98 Å². The predicted octanol–water partition coefficient (Wildman–Crippen LogP) is 2.75. The number of carbonyl (C=O) groups is 1. The maximum Gasteiger partial charge on any atom is 0.407 e. The minimum absolute atomic E-state index is 0.418. The van der Waals surface area contributed by atoms with Gasteiger partial charge in [0.2, 0.25) is 0 Å². The first-order valence-electron chi connectivity index (χ1n) is 7.21. The van der Waals surface area contributed by atoms with E-state index in [9.17, 15) is 4.79 Å². The Kier molecular flexibility index (Phi) is 4.70. The van der Waals surface area contributed by atoms with E-state index < -0.39 is 11.7 Å². The van der Waals surface area contributed by atoms with E-state index in [-0.39, 0.29) is 0 Å². The van der Waals surface area contributed by atoms with E-state index >= 15 is 0 Å². The molecule has 0 spiro atoms. The van der Waals surface area contributed by atoms with Crippen LogP contribution >= 0.6 is 0 Å². The molecular formula is C16H22N4O2. The standard InChI is InChI=1S/C16H22N4O2/c1-16(2,3)22-15(21)20-10-9-18-13-7-6-12(17)14-11(13)5-4-8-19-14/h4-8,18H,9-10,17H2,1-3H3,(H,20,21). The van der Waals surface area contributed by atoms with Crippen molar-refractivity contribution in [1.82, 2.24) is 10.3 Å². The van der Waals surface area contributed by atoms with Crippen LogP contribution in [-0.4, -0.2) is 29.8 Å². The van der Waals surface area contributed by atoms with E-state index in [1.54, 1.807) is 6.20 Å². The Morgan fingerprint density at radius 1 is 1.27 bits per heavy atom. The van der Waals surface area contributed by atoms with Crippen LogP contribution in [0.1, 0.15) is 20.8 Å². The Labute approximate surface area is 130 Å². The highest BCUT2D eigenvalue weighted by molar-refractivity contribution is 5.98. The number of nitrogens with one attached hydrogen (secondary N) is 2. The summed E-state index contributed by atoms with van der Waals surface area (Å²) in [5.74, 6) is 0. The van der Waals surface area contributed by atoms with Crippen molar-refractivity contribution in [2.45, 2.75) is 26.4 Å². The number of carbonyl (C=O) groups excluding carboxylic acids is 1. The average molecular weight is 302 g/mol. The van der Waals surface area contributed by atoms with E-state index in [2.05, 4.69) is 15.6 Å². The highest BCUT2D eigenvalue weighted by Crippen LogP contribution is 2.26. The third kappa shape index (κ3) is 4.25. The number of aromatic nitrogens is 1. The Bertz CT molecular complexity index is 665. The lowest BCUT2D eigenvalue weighted by atomic mass is 10.1. The molecule has 118 valence electrons. The first-order valence-corrected chi connectivity index (χ1v) is 7.21. The number of hydrogen-bond acceptors (Lipinski definition) is 5. The van der Waals surface area contributed by atoms with Gasteiger partial charge in [0, 0.05) is 30.4 Å². The fourth-order valence-corrected chi connectivity index (χ4v) is 2.02. The lowest BCUT2D eigenvalue weighted by Crippen LogP contribution is -2.35. The molecule has 0 bridgehead atoms. The first-order chi connectivity index (χ1) is 10.4. The third-order valence-electron chi connectivity index (χ3n) is 2.91. The molecule has 0 atom stereocenters. The molecule has 2 rings (SSSR count). The Hall–Kier alpha value is -2.50. The highest BCUT2D eigenvalue weighted by Gasteiger charge is 2.15. The fraction of sp³-hybridized carbons (Fsp3) is 0.375. The van der Waals surface area contributed by atoms with Crippen LogP contribution in [-0.2, 0) is 4.74 Å². The lowest BCUT2D eigenvalue weighted by molar-refractivity contribution is 0.0530. The zero-order chi connectivity index (χ0) is 16.2. The molecule has 4 N–H and O–H groups in total. The number of rotatable bonds is 4. The van der Waals surface area contributed by atoms with Gasteiger partial charge in [0.1, 0.15) is 5.60 Å². The molecule has 0 aliphatic rings. The van der Waals surface area contributed by atoms with Crippen LogP contribution in [0.2, 0.25) is 0 Å². The second kappa shape index (κ2) is 6.51. The van der Waals surface area contributed by atoms with Gasteiger partial charge in [-0.15, -0.1) is 0 Å². The molecule has 0 aliphatic carbocycles. The largest absolute Gasteiger partial charge is 0.444 e. The smallest absolute Gasteiger partial charge is 0.407 e. The number of amides is 1. The summed E-state index contributed by atoms with van der Waals surface area (Å²) < 4.78 is 5.17. The van der Waals surface area contributed by atoms with E-state index in [1.807, 2.05) is 45.0 Å². The number of nitrogens with two attached hydrogens (primary N) is 1. The third-order valence-corrected chi connectivity index (χ3v) is 2.91. The van der Waals surface area contributed by atoms with Crippen LogP contribution in [0.5, 0.6) is 0 Å². The quantitative estimate of drug-likeness (QED) is 0.597. The zero-order valence-electron chi connectivity index (χ0n) is 13.1. The zero-order valence-corrected chi connectivity index (χ0v) is 13.1. The first kappa shape index (κ1) is 15.9. The van der Waals surface area contributed by atoms with Crippen LogP contribution in [0.25, 0.3) is 10.9 Å². The molecule has 0 unspecified atom stereocenters. The summed E-state index contributed by atoms with van der Waals surface area (Å²) in [6.45, 7) is 6.53. The van der Waals surface area contributed by atoms with E-state index in [0.29, 0.717) is 18.8 Å². The van der Waals surface area contributed by atoms with Crippen molar-refractivity contribution >= 4 is 28.4 Å². The van der Waals surface area contributed by atoms with Crippen molar-refractivity contribution in [2.24, 2.45) is 0 Å². The van der Waals surface area contributed by atoms with Crippen molar-refractivity contribution in [3.8, 4) is 0 Å². The summed E-state index contributed by atoms with van der Waals surface area (Å²) in [7, 11) is 0. The van der Waals surface area contributed by atoms with Crippen LogP contribution in [0.3, 0.4) is 0 Å². The Balaban J connectivity index is 1.91. The van der Waals surface area contributed by atoms with Crippen molar-refractivity contribution in [2.75, 3.05) is 24.1 Å². The van der Waals surface area contributed by atoms with Gasteiger partial charge in [-0.25, -0.2) is 4.79 Å². The van der Waals surface area contributed by atoms with Gasteiger partial charge in [-0.1, -0.05) is 0 Å². The molecule has 0 aliphatic heterocycles. The number of fused-ring (bicyclic) bond motifs is 1. The van der Waals surface area contributed by atoms with E-state index in [0.717, 1.165) is 16.6 Å². The summed E-state index contributed by atoms with van der Waals surface area (Å²) in [6, 6.07) is 7.56. The number of anilines is 2. The second-order valence-electron chi connectivity index (χ2n) is 5.96. The van der Waals surface area contributed by atoms with Crippen molar-refractivity contribution < 1.29 is 9.53 Å². The number of alkyl carbamates (subject to hydrolysis) is 1. The summed E-state index contributed by atoms with van der Waals surface area (Å²) in [6.07, 6.45) is 1.30. The van der Waals surface area contributed by atoms with Gasteiger partial charge < -0.3 is 21.1 Å². The summed E-state index contributed by atoms with van der Waals surface area (Å²) in [5, 5.41) is 6.93. The molecule has 1 aromatic heterocycles. The van der Waals surface area contributed by atoms with E-state index in [4.69, 9.17) is 10.5 Å². The maximum absolute atomic E-state index is 11.5. The summed E-state index contributed by atoms with van der Waals surface area (Å²) in [4.78, 5) is 15.8. The molecule has 0 saturated heterocycles. The molecule has 0 saturated carbocycles. The monoisotopic (exact) mass is 302 g/mol. The summed E-state index contributed by atoms with van der Waals surface area (Å²) >= 11 is 0. The number of benzene rings is 1. The molecule has 1 amide bonds. The molecular weight excluding hydrogens is 280 g/mol. The van der Waals surface area contributed by atoms with Crippen LogP contribution in [0.4, 0.5) is 16.2 Å². The number of nitrogen functional groups attached to an aromatic ring is 1. The van der Waals surface area contributed by atoms with Crippen LogP contribution in [0.15, 0.2) is 30.5 Å². The average Bonchev–Trinajstić information content (AvgIpc) is 2.44. The molecule has 1 aromatic carbocycles. The number of hydrogen-bond donors (Lipinski definition) is 3. The number of ether oxygens (including phenoxy) is 1. The molecule has 6 heteroatoms. The SMILES string of the molecule is CC(C)(C)OC(=O)NCCNc1ccc(N)c2ncccc12. The molecule has 22 heavy (non-hydrogen) atoms. The van der Waals surface area contributed by atoms with Crippen LogP contribution < -0.4 is 16.4 Å². The van der Waals surface area contributed by atoms with Crippen LogP contribution in [0, 0.1) is 0 Å². The van der Waals surface area contributed by atoms with Gasteiger partial charge in [-0.05, 0) is 45.0 Å². The molecule has 0 fully saturated rings. The fourth-order valence-electron chi connectivity index (χ4n) is 2.02. The number of pyridine rings is 1. The minimum Gasteiger partial charge on any atom is -0.444 e. The van der Waals surface area contributed by atoms with Crippen molar-refractivity contribution in [3.63, 3.8) is 0 Å². The van der Waals surface area contributed by atoms with Gasteiger partial charge in [-0.2, -0.15) is 0 Å². The Morgan fingerprint density at radius 2 is 2.05 bits per heavy atom. The highest BCUT2D eigenvalue weighted by atomic mass is 16.6. The van der Waals surface area contributed by atoms with Gasteiger partial charge in [0.15, 0.2) is 0 Å². The normalized spacial score (nSPS) is 11.2. The molecule has 6 nitrogen and oxygen atoms in total. The summed E-state index contributed by atoms with van der Waals surface area (Å²) in [5.41, 5.74) is 7.78. The Morgan fingerprint density at radius 3 is 2.77 bits per heavy atom. The van der Waals surface area contributed by atoms with Crippen molar-refractivity contribution in [1.29, 1.82) is 0 Å². The molecule has 2 aromatic rings. The van der Waals surface area contributed by atoms with E-state index in [1.165, 1.54) is 0 Å². The lowest BCUT2D eigenvalue weighted by Gasteiger charge is -2.19. The topological polar surface area (TPSA) is 89.3 Å². The molecule has 0 radical (unpaired) electrons. The van der Waals surface area contributed by atoms with Gasteiger partial charge in [0.25, 0.3) is 0 Å². The minimum atomic E-state index is -0.490. The molecule has 1 heterocycles. The predicted molar refractivity (Wildman–Crippen MR) is 88.9 cm³/mol. The second-order valence-corrected chi connectivity index (χ2v) is 5.96. The van der Waals surface area contributed by atoms with Gasteiger partial charge in [0.05, 0.1) is 11.2 Å². The number of nitrogens with zero attached hydrogens (tertiary/aromatic N) is 1. The van der Waals surface area contributed by atoms with Crippen molar-refractivity contribution in [3.05, 3.63) is 30.5 Å².